The van der Waals surface area contributed by atoms with Crippen LogP contribution in [0.3, 0.4) is 0 Å². The van der Waals surface area contributed by atoms with Crippen molar-refractivity contribution >= 4 is 56.4 Å². The maximum atomic E-state index is 12.1. The van der Waals surface area contributed by atoms with Gasteiger partial charge in [0.25, 0.3) is 5.91 Å². The molecule has 19 heavy (non-hydrogen) atoms. The summed E-state index contributed by atoms with van der Waals surface area (Å²) in [4.78, 5) is 16.1. The number of nitrogens with two attached hydrogens (primary N) is 1. The summed E-state index contributed by atoms with van der Waals surface area (Å²) in [6.45, 7) is 0. The van der Waals surface area contributed by atoms with Crippen LogP contribution in [-0.2, 0) is 0 Å². The van der Waals surface area contributed by atoms with E-state index >= 15 is 0 Å². The van der Waals surface area contributed by atoms with Crippen LogP contribution < -0.4 is 11.1 Å². The molecule has 2 rings (SSSR count). The minimum absolute atomic E-state index is 0.183. The summed E-state index contributed by atoms with van der Waals surface area (Å²) in [7, 11) is 0. The molecule has 4 nitrogen and oxygen atoms in total. The molecule has 0 atom stereocenters. The molecule has 1 amide bonds. The van der Waals surface area contributed by atoms with Crippen molar-refractivity contribution in [1.82, 2.24) is 4.98 Å². The van der Waals surface area contributed by atoms with Gasteiger partial charge in [-0.1, -0.05) is 29.3 Å². The molecule has 0 aliphatic rings. The fourth-order valence-electron chi connectivity index (χ4n) is 1.48. The third-order valence-corrected chi connectivity index (χ3v) is 3.38. The summed E-state index contributed by atoms with van der Waals surface area (Å²) < 4.78 is 0.694. The van der Waals surface area contributed by atoms with Gasteiger partial charge in [-0.3, -0.25) is 4.79 Å². The number of rotatable bonds is 2. The van der Waals surface area contributed by atoms with Crippen molar-refractivity contribution in [3.8, 4) is 0 Å². The molecule has 1 aromatic carbocycles. The van der Waals surface area contributed by atoms with Gasteiger partial charge in [0.05, 0.1) is 16.3 Å². The third kappa shape index (κ3) is 3.18. The zero-order valence-electron chi connectivity index (χ0n) is 9.45. The summed E-state index contributed by atoms with van der Waals surface area (Å²) in [5, 5.41) is 3.08. The number of carbonyl (C=O) groups is 1. The molecule has 0 bridgehead atoms. The molecule has 0 fully saturated rings. The Bertz CT molecular complexity index is 629. The number of nitrogen functional groups attached to an aromatic ring is 1. The van der Waals surface area contributed by atoms with Crippen molar-refractivity contribution in [1.29, 1.82) is 0 Å². The molecule has 2 aromatic rings. The Balaban J connectivity index is 2.34. The maximum absolute atomic E-state index is 12.1. The summed E-state index contributed by atoms with van der Waals surface area (Å²) in [6, 6.07) is 6.50. The standard InChI is InChI=1S/C12H8BrCl2N3O/c13-6-4-9(11(15)17-5-6)18-12(19)10-7(14)2-1-3-8(10)16/h1-5H,16H2,(H,18,19). The highest BCUT2D eigenvalue weighted by Gasteiger charge is 2.15. The van der Waals surface area contributed by atoms with Gasteiger partial charge in [-0.25, -0.2) is 4.98 Å². The number of amides is 1. The van der Waals surface area contributed by atoms with Crippen LogP contribution in [0.25, 0.3) is 0 Å². The first-order valence-corrected chi connectivity index (χ1v) is 6.70. The average Bonchev–Trinajstić information content (AvgIpc) is 2.33. The number of hydrogen-bond acceptors (Lipinski definition) is 3. The Labute approximate surface area is 128 Å². The van der Waals surface area contributed by atoms with Crippen LogP contribution in [-0.4, -0.2) is 10.9 Å². The number of aromatic nitrogens is 1. The van der Waals surface area contributed by atoms with E-state index in [-0.39, 0.29) is 15.7 Å². The van der Waals surface area contributed by atoms with Gasteiger partial charge in [0.1, 0.15) is 0 Å². The Morgan fingerprint density at radius 3 is 2.79 bits per heavy atom. The Morgan fingerprint density at radius 1 is 1.37 bits per heavy atom. The predicted molar refractivity (Wildman–Crippen MR) is 80.8 cm³/mol. The average molecular weight is 361 g/mol. The van der Waals surface area contributed by atoms with Crippen molar-refractivity contribution in [2.45, 2.75) is 0 Å². The fourth-order valence-corrected chi connectivity index (χ4v) is 2.22. The lowest BCUT2D eigenvalue weighted by Crippen LogP contribution is -2.15. The third-order valence-electron chi connectivity index (χ3n) is 2.33. The number of hydrogen-bond donors (Lipinski definition) is 2. The van der Waals surface area contributed by atoms with Crippen LogP contribution in [0.1, 0.15) is 10.4 Å². The van der Waals surface area contributed by atoms with E-state index in [4.69, 9.17) is 28.9 Å². The van der Waals surface area contributed by atoms with Crippen LogP contribution in [0.2, 0.25) is 10.2 Å². The summed E-state index contributed by atoms with van der Waals surface area (Å²) in [5.41, 5.74) is 6.62. The second-order valence-electron chi connectivity index (χ2n) is 3.65. The fraction of sp³-hybridized carbons (Fsp3) is 0. The highest BCUT2D eigenvalue weighted by molar-refractivity contribution is 9.10. The molecule has 98 valence electrons. The van der Waals surface area contributed by atoms with E-state index in [9.17, 15) is 4.79 Å². The molecule has 0 saturated carbocycles. The van der Waals surface area contributed by atoms with Gasteiger partial charge in [0.15, 0.2) is 5.15 Å². The number of pyridine rings is 1. The molecule has 0 spiro atoms. The lowest BCUT2D eigenvalue weighted by molar-refractivity contribution is 0.102. The van der Waals surface area contributed by atoms with E-state index in [1.165, 1.54) is 6.20 Å². The molecule has 1 aromatic heterocycles. The molecule has 0 aliphatic heterocycles. The lowest BCUT2D eigenvalue weighted by atomic mass is 10.1. The molecule has 3 N–H and O–H groups in total. The summed E-state index contributed by atoms with van der Waals surface area (Å²) in [5.74, 6) is -0.440. The number of anilines is 2. The molecule has 0 saturated heterocycles. The topological polar surface area (TPSA) is 68.0 Å². The molecule has 0 unspecified atom stereocenters. The zero-order chi connectivity index (χ0) is 14.0. The summed E-state index contributed by atoms with van der Waals surface area (Å²) in [6.07, 6.45) is 1.53. The number of nitrogens with zero attached hydrogens (tertiary/aromatic N) is 1. The van der Waals surface area contributed by atoms with Crippen LogP contribution in [0.15, 0.2) is 34.9 Å². The molecule has 0 aliphatic carbocycles. The normalized spacial score (nSPS) is 10.3. The molecule has 0 radical (unpaired) electrons. The van der Waals surface area contributed by atoms with Crippen LogP contribution in [0, 0.1) is 0 Å². The van der Waals surface area contributed by atoms with Gasteiger partial charge in [0.2, 0.25) is 0 Å². The molecule has 7 heteroatoms. The van der Waals surface area contributed by atoms with E-state index in [1.54, 1.807) is 24.3 Å². The largest absolute Gasteiger partial charge is 0.398 e. The van der Waals surface area contributed by atoms with E-state index in [0.29, 0.717) is 15.8 Å². The number of nitrogens with one attached hydrogen (secondary N) is 1. The molecular weight excluding hydrogens is 353 g/mol. The monoisotopic (exact) mass is 359 g/mol. The van der Waals surface area contributed by atoms with E-state index in [0.717, 1.165) is 0 Å². The highest BCUT2D eigenvalue weighted by atomic mass is 79.9. The number of carbonyl (C=O) groups excluding carboxylic acids is 1. The lowest BCUT2D eigenvalue weighted by Gasteiger charge is -2.10. The van der Waals surface area contributed by atoms with Crippen molar-refractivity contribution in [3.05, 3.63) is 50.7 Å². The first kappa shape index (κ1) is 14.1. The van der Waals surface area contributed by atoms with Crippen LogP contribution in [0.4, 0.5) is 11.4 Å². The first-order chi connectivity index (χ1) is 8.99. The Morgan fingerprint density at radius 2 is 2.11 bits per heavy atom. The molecule has 1 heterocycles. The van der Waals surface area contributed by atoms with Crippen molar-refractivity contribution < 1.29 is 4.79 Å². The predicted octanol–water partition coefficient (Wildman–Crippen LogP) is 3.99. The highest BCUT2D eigenvalue weighted by Crippen LogP contribution is 2.26. The van der Waals surface area contributed by atoms with E-state index in [1.807, 2.05) is 0 Å². The van der Waals surface area contributed by atoms with Gasteiger partial charge in [-0.05, 0) is 34.1 Å². The Kier molecular flexibility index (Phi) is 4.29. The first-order valence-electron chi connectivity index (χ1n) is 5.15. The van der Waals surface area contributed by atoms with Gasteiger partial charge < -0.3 is 11.1 Å². The smallest absolute Gasteiger partial charge is 0.259 e. The van der Waals surface area contributed by atoms with E-state index < -0.39 is 5.91 Å². The van der Waals surface area contributed by atoms with Crippen molar-refractivity contribution in [3.63, 3.8) is 0 Å². The van der Waals surface area contributed by atoms with Gasteiger partial charge in [-0.15, -0.1) is 0 Å². The summed E-state index contributed by atoms with van der Waals surface area (Å²) >= 11 is 15.1. The number of benzene rings is 1. The molecular formula is C12H8BrCl2N3O. The zero-order valence-corrected chi connectivity index (χ0v) is 12.6. The minimum atomic E-state index is -0.440. The second kappa shape index (κ2) is 5.77. The van der Waals surface area contributed by atoms with Gasteiger partial charge >= 0.3 is 0 Å². The van der Waals surface area contributed by atoms with Crippen molar-refractivity contribution in [2.24, 2.45) is 0 Å². The maximum Gasteiger partial charge on any atom is 0.259 e. The van der Waals surface area contributed by atoms with Crippen LogP contribution >= 0.6 is 39.1 Å². The quantitative estimate of drug-likeness (QED) is 0.628. The minimum Gasteiger partial charge on any atom is -0.398 e. The van der Waals surface area contributed by atoms with E-state index in [2.05, 4.69) is 26.2 Å². The van der Waals surface area contributed by atoms with Gasteiger partial charge in [0, 0.05) is 16.4 Å². The second-order valence-corrected chi connectivity index (χ2v) is 5.33. The van der Waals surface area contributed by atoms with Crippen molar-refractivity contribution in [2.75, 3.05) is 11.1 Å². The van der Waals surface area contributed by atoms with Gasteiger partial charge in [-0.2, -0.15) is 0 Å². The SMILES string of the molecule is Nc1cccc(Cl)c1C(=O)Nc1cc(Br)cnc1Cl. The number of halogens is 3. The Hall–Kier alpha value is -1.30. The van der Waals surface area contributed by atoms with Crippen LogP contribution in [0.5, 0.6) is 0 Å².